The van der Waals surface area contributed by atoms with Crippen LogP contribution >= 0.6 is 0 Å². The number of benzene rings is 1. The maximum Gasteiger partial charge on any atom is 0.122 e. The molecule has 1 aliphatic carbocycles. The first-order valence-electron chi connectivity index (χ1n) is 8.11. The summed E-state index contributed by atoms with van der Waals surface area (Å²) >= 11 is 0. The van der Waals surface area contributed by atoms with Gasteiger partial charge in [-0.2, -0.15) is 0 Å². The molecule has 2 rings (SSSR count). The lowest BCUT2D eigenvalue weighted by molar-refractivity contribution is 0.158. The van der Waals surface area contributed by atoms with Crippen LogP contribution in [0.15, 0.2) is 18.2 Å². The van der Waals surface area contributed by atoms with Crippen molar-refractivity contribution in [2.45, 2.75) is 64.5 Å². The van der Waals surface area contributed by atoms with E-state index in [1.807, 2.05) is 0 Å². The first-order chi connectivity index (χ1) is 10.0. The number of hydrogen-bond acceptors (Lipinski definition) is 3. The maximum absolute atomic E-state index is 9.57. The van der Waals surface area contributed by atoms with E-state index < -0.39 is 0 Å². The Bertz CT molecular complexity index is 457. The van der Waals surface area contributed by atoms with Crippen LogP contribution in [0.25, 0.3) is 0 Å². The minimum atomic E-state index is -0.125. The minimum absolute atomic E-state index is 0.125. The van der Waals surface area contributed by atoms with Crippen molar-refractivity contribution in [1.82, 2.24) is 5.32 Å². The van der Waals surface area contributed by atoms with Gasteiger partial charge in [-0.15, -0.1) is 0 Å². The Morgan fingerprint density at radius 3 is 2.71 bits per heavy atom. The quantitative estimate of drug-likeness (QED) is 0.686. The zero-order valence-electron chi connectivity index (χ0n) is 13.6. The monoisotopic (exact) mass is 291 g/mol. The van der Waals surface area contributed by atoms with Gasteiger partial charge >= 0.3 is 0 Å². The van der Waals surface area contributed by atoms with Crippen LogP contribution in [0, 0.1) is 13.8 Å². The van der Waals surface area contributed by atoms with E-state index in [9.17, 15) is 5.11 Å². The van der Waals surface area contributed by atoms with Gasteiger partial charge in [0.2, 0.25) is 0 Å². The number of aryl methyl sites for hydroxylation is 2. The lowest BCUT2D eigenvalue weighted by Gasteiger charge is -2.29. The molecule has 1 unspecified atom stereocenters. The number of ether oxygens (including phenoxy) is 1. The third kappa shape index (κ3) is 5.33. The highest BCUT2D eigenvalue weighted by molar-refractivity contribution is 5.35. The summed E-state index contributed by atoms with van der Waals surface area (Å²) < 4.78 is 5.88. The summed E-state index contributed by atoms with van der Waals surface area (Å²) in [5.74, 6) is 0.996. The molecule has 3 nitrogen and oxygen atoms in total. The highest BCUT2D eigenvalue weighted by atomic mass is 16.5. The van der Waals surface area contributed by atoms with Crippen LogP contribution in [-0.2, 0) is 0 Å². The fourth-order valence-electron chi connectivity index (χ4n) is 2.58. The highest BCUT2D eigenvalue weighted by Gasteiger charge is 2.31. The molecule has 0 heterocycles. The van der Waals surface area contributed by atoms with Gasteiger partial charge in [-0.25, -0.2) is 0 Å². The number of unbranched alkanes of at least 4 members (excludes halogenated alkanes) is 1. The number of aliphatic hydroxyl groups is 1. The van der Waals surface area contributed by atoms with Crippen LogP contribution in [0.2, 0.25) is 0 Å². The largest absolute Gasteiger partial charge is 0.493 e. The molecule has 1 aromatic carbocycles. The molecule has 0 aliphatic heterocycles. The number of rotatable bonds is 9. The molecular formula is C18H29NO2. The summed E-state index contributed by atoms with van der Waals surface area (Å²) in [7, 11) is 0. The molecule has 2 N–H and O–H groups in total. The van der Waals surface area contributed by atoms with E-state index in [1.54, 1.807) is 0 Å². The summed E-state index contributed by atoms with van der Waals surface area (Å²) in [4.78, 5) is 0. The van der Waals surface area contributed by atoms with Crippen LogP contribution < -0.4 is 10.1 Å². The smallest absolute Gasteiger partial charge is 0.122 e. The Balaban J connectivity index is 1.68. The maximum atomic E-state index is 9.57. The lowest BCUT2D eigenvalue weighted by Crippen LogP contribution is -2.46. The average molecular weight is 291 g/mol. The Morgan fingerprint density at radius 2 is 2.05 bits per heavy atom. The summed E-state index contributed by atoms with van der Waals surface area (Å²) in [6, 6.07) is 6.95. The van der Waals surface area contributed by atoms with Crippen molar-refractivity contribution in [3.8, 4) is 5.75 Å². The third-order valence-corrected chi connectivity index (χ3v) is 4.20. The fourth-order valence-corrected chi connectivity index (χ4v) is 2.58. The van der Waals surface area contributed by atoms with E-state index in [2.05, 4.69) is 44.3 Å². The van der Waals surface area contributed by atoms with Gasteiger partial charge in [0.1, 0.15) is 5.75 Å². The van der Waals surface area contributed by atoms with Crippen LogP contribution in [0.5, 0.6) is 5.75 Å². The van der Waals surface area contributed by atoms with Crippen LogP contribution in [-0.4, -0.2) is 29.9 Å². The first-order valence-corrected chi connectivity index (χ1v) is 8.11. The summed E-state index contributed by atoms with van der Waals surface area (Å²) in [6.07, 6.45) is 5.60. The highest BCUT2D eigenvalue weighted by Crippen LogP contribution is 2.25. The molecule has 0 saturated heterocycles. The van der Waals surface area contributed by atoms with Crippen LogP contribution in [0.3, 0.4) is 0 Å². The van der Waals surface area contributed by atoms with E-state index in [0.29, 0.717) is 6.04 Å². The topological polar surface area (TPSA) is 41.5 Å². The molecule has 1 saturated carbocycles. The van der Waals surface area contributed by atoms with Crippen molar-refractivity contribution >= 4 is 0 Å². The molecule has 118 valence electrons. The van der Waals surface area contributed by atoms with Crippen molar-refractivity contribution in [2.75, 3.05) is 13.2 Å². The molecule has 1 aromatic rings. The molecule has 0 radical (unpaired) electrons. The molecule has 0 bridgehead atoms. The Hall–Kier alpha value is -1.06. The van der Waals surface area contributed by atoms with Crippen LogP contribution in [0.1, 0.15) is 50.2 Å². The predicted octanol–water partition coefficient (Wildman–Crippen LogP) is 3.36. The number of hydrogen-bond donors (Lipinski definition) is 2. The van der Waals surface area contributed by atoms with E-state index >= 15 is 0 Å². The Labute approximate surface area is 128 Å². The summed E-state index contributed by atoms with van der Waals surface area (Å²) in [5.41, 5.74) is 2.30. The van der Waals surface area contributed by atoms with Crippen molar-refractivity contribution in [3.05, 3.63) is 29.3 Å². The van der Waals surface area contributed by atoms with Gasteiger partial charge < -0.3 is 15.2 Å². The second kappa shape index (κ2) is 7.28. The van der Waals surface area contributed by atoms with E-state index in [4.69, 9.17) is 4.74 Å². The van der Waals surface area contributed by atoms with Gasteiger partial charge in [0.15, 0.2) is 0 Å². The molecule has 0 aromatic heterocycles. The predicted molar refractivity (Wildman–Crippen MR) is 86.9 cm³/mol. The van der Waals surface area contributed by atoms with Gasteiger partial charge in [0.25, 0.3) is 0 Å². The second-order valence-corrected chi connectivity index (χ2v) is 6.71. The Morgan fingerprint density at radius 1 is 1.29 bits per heavy atom. The molecule has 1 fully saturated rings. The molecule has 1 aliphatic rings. The molecule has 3 heteroatoms. The number of aliphatic hydroxyl groups excluding tert-OH is 1. The Kier molecular flexibility index (Phi) is 5.65. The SMILES string of the molecule is Cc1ccc(C)c(OCCCCC(C)(CO)NC2CC2)c1. The minimum Gasteiger partial charge on any atom is -0.493 e. The summed E-state index contributed by atoms with van der Waals surface area (Å²) in [5, 5.41) is 13.1. The second-order valence-electron chi connectivity index (χ2n) is 6.71. The zero-order chi connectivity index (χ0) is 15.3. The molecule has 0 amide bonds. The molecule has 21 heavy (non-hydrogen) atoms. The average Bonchev–Trinajstić information content (AvgIpc) is 3.26. The number of nitrogens with one attached hydrogen (secondary N) is 1. The van der Waals surface area contributed by atoms with Gasteiger partial charge in [-0.05, 0) is 70.1 Å². The van der Waals surface area contributed by atoms with Crippen molar-refractivity contribution in [1.29, 1.82) is 0 Å². The van der Waals surface area contributed by atoms with Crippen molar-refractivity contribution in [3.63, 3.8) is 0 Å². The van der Waals surface area contributed by atoms with Gasteiger partial charge in [-0.1, -0.05) is 12.1 Å². The van der Waals surface area contributed by atoms with Gasteiger partial charge in [0, 0.05) is 11.6 Å². The van der Waals surface area contributed by atoms with E-state index in [0.717, 1.165) is 31.6 Å². The zero-order valence-corrected chi connectivity index (χ0v) is 13.6. The van der Waals surface area contributed by atoms with Crippen molar-refractivity contribution < 1.29 is 9.84 Å². The fraction of sp³-hybridized carbons (Fsp3) is 0.667. The lowest BCUT2D eigenvalue weighted by atomic mass is 9.95. The molecular weight excluding hydrogens is 262 g/mol. The first kappa shape index (κ1) is 16.3. The van der Waals surface area contributed by atoms with Crippen molar-refractivity contribution in [2.24, 2.45) is 0 Å². The third-order valence-electron chi connectivity index (χ3n) is 4.20. The molecule has 1 atom stereocenters. The van der Waals surface area contributed by atoms with E-state index in [-0.39, 0.29) is 12.1 Å². The normalized spacial score (nSPS) is 17.5. The van der Waals surface area contributed by atoms with Gasteiger partial charge in [-0.3, -0.25) is 0 Å². The summed E-state index contributed by atoms with van der Waals surface area (Å²) in [6.45, 7) is 7.24. The molecule has 0 spiro atoms. The standard InChI is InChI=1S/C18H29NO2/c1-14-6-7-15(2)17(12-14)21-11-5-4-10-18(3,13-20)19-16-8-9-16/h6-7,12,16,19-20H,4-5,8-11,13H2,1-3H3. The van der Waals surface area contributed by atoms with E-state index in [1.165, 1.54) is 24.0 Å². The van der Waals surface area contributed by atoms with Crippen LogP contribution in [0.4, 0.5) is 0 Å². The van der Waals surface area contributed by atoms with Gasteiger partial charge in [0.05, 0.1) is 13.2 Å².